The number of carbonyl (C=O) groups is 1. The Morgan fingerprint density at radius 1 is 1.27 bits per heavy atom. The number of amides is 1. The smallest absolute Gasteiger partial charge is 0.256 e. The van der Waals surface area contributed by atoms with E-state index in [0.29, 0.717) is 6.61 Å². The molecule has 1 saturated heterocycles. The molecule has 1 rings (SSSR count). The minimum atomic E-state index is -1.67. The first-order valence-electron chi connectivity index (χ1n) is 5.36. The van der Waals surface area contributed by atoms with E-state index in [1.54, 1.807) is 4.73 Å². The minimum Gasteiger partial charge on any atom is -0.325 e. The van der Waals surface area contributed by atoms with E-state index in [2.05, 4.69) is 44.3 Å². The van der Waals surface area contributed by atoms with Gasteiger partial charge in [0.1, 0.15) is 14.3 Å². The number of carbonyl (C=O) groups excluding carboxylic acids is 1. The molecular weight excluding hydrogens is 224 g/mol. The largest absolute Gasteiger partial charge is 0.325 e. The summed E-state index contributed by atoms with van der Waals surface area (Å²) in [5.74, 6) is 0.122. The van der Waals surface area contributed by atoms with Crippen LogP contribution in [-0.4, -0.2) is 39.8 Å². The predicted octanol–water partition coefficient (Wildman–Crippen LogP) is 1.39. The molecule has 4 nitrogen and oxygen atoms in total. The average molecular weight is 246 g/mol. The molecule has 0 aromatic heterocycles. The maximum atomic E-state index is 12.0. The Bertz CT molecular complexity index is 258. The quantitative estimate of drug-likeness (QED) is 0.765. The lowest BCUT2D eigenvalue weighted by Gasteiger charge is -2.28. The van der Waals surface area contributed by atoms with Crippen LogP contribution in [-0.2, 0) is 9.63 Å². The van der Waals surface area contributed by atoms with Gasteiger partial charge in [0.25, 0.3) is 5.91 Å². The zero-order valence-electron chi connectivity index (χ0n) is 10.5. The summed E-state index contributed by atoms with van der Waals surface area (Å²) in [6.45, 7) is 13.4. The van der Waals surface area contributed by atoms with E-state index in [0.717, 1.165) is 0 Å². The van der Waals surface area contributed by atoms with Gasteiger partial charge in [-0.3, -0.25) is 14.4 Å². The first kappa shape index (κ1) is 12.9. The second-order valence-electron chi connectivity index (χ2n) is 6.05. The summed E-state index contributed by atoms with van der Waals surface area (Å²) in [6.07, 6.45) is 0. The van der Waals surface area contributed by atoms with Crippen molar-refractivity contribution in [3.63, 3.8) is 0 Å². The van der Waals surface area contributed by atoms with Gasteiger partial charge in [0.05, 0.1) is 6.61 Å². The van der Waals surface area contributed by atoms with E-state index in [1.165, 1.54) is 0 Å². The number of hydrogen-bond donors (Lipinski definition) is 1. The molecule has 1 atom stereocenters. The van der Waals surface area contributed by atoms with Crippen LogP contribution in [0, 0.1) is 0 Å². The first-order chi connectivity index (χ1) is 6.61. The highest BCUT2D eigenvalue weighted by Gasteiger charge is 2.41. The van der Waals surface area contributed by atoms with Crippen LogP contribution in [0.1, 0.15) is 0 Å². The molecule has 1 N–H and O–H groups in total. The molecule has 6 heteroatoms. The van der Waals surface area contributed by atoms with Gasteiger partial charge in [-0.15, -0.1) is 0 Å². The van der Waals surface area contributed by atoms with Gasteiger partial charge in [-0.05, 0) is 19.6 Å². The van der Waals surface area contributed by atoms with Gasteiger partial charge in [-0.25, -0.2) is 0 Å². The Labute approximate surface area is 94.1 Å². The van der Waals surface area contributed by atoms with Crippen LogP contribution in [0.5, 0.6) is 0 Å². The maximum absolute atomic E-state index is 12.0. The van der Waals surface area contributed by atoms with Gasteiger partial charge >= 0.3 is 0 Å². The topological polar surface area (TPSA) is 41.6 Å². The standard InChI is InChI=1S/C9H22N2O2Si2/c1-14(2,3)10-8-7-13-11(9(8)12)15(4,5)6/h8,10H,7H2,1-6H3/t8-/m1/s1. The molecule has 1 fully saturated rings. The van der Waals surface area contributed by atoms with Gasteiger partial charge in [0, 0.05) is 0 Å². The van der Waals surface area contributed by atoms with Crippen LogP contribution in [0.15, 0.2) is 0 Å². The zero-order valence-corrected chi connectivity index (χ0v) is 12.5. The Morgan fingerprint density at radius 3 is 2.13 bits per heavy atom. The molecule has 0 unspecified atom stereocenters. The van der Waals surface area contributed by atoms with E-state index in [-0.39, 0.29) is 11.9 Å². The third kappa shape index (κ3) is 3.41. The molecule has 0 radical (unpaired) electrons. The van der Waals surface area contributed by atoms with Crippen LogP contribution >= 0.6 is 0 Å². The summed E-state index contributed by atoms with van der Waals surface area (Å²) >= 11 is 0. The maximum Gasteiger partial charge on any atom is 0.256 e. The summed E-state index contributed by atoms with van der Waals surface area (Å²) < 4.78 is 1.63. The van der Waals surface area contributed by atoms with Crippen LogP contribution in [0.4, 0.5) is 0 Å². The summed E-state index contributed by atoms with van der Waals surface area (Å²) in [4.78, 5) is 20.9. The van der Waals surface area contributed by atoms with E-state index < -0.39 is 16.5 Å². The van der Waals surface area contributed by atoms with Crippen LogP contribution in [0.2, 0.25) is 39.3 Å². The molecule has 0 aromatic carbocycles. The highest BCUT2D eigenvalue weighted by molar-refractivity contribution is 6.76. The fourth-order valence-electron chi connectivity index (χ4n) is 1.58. The molecule has 1 aliphatic heterocycles. The van der Waals surface area contributed by atoms with Crippen LogP contribution < -0.4 is 4.98 Å². The van der Waals surface area contributed by atoms with Gasteiger partial charge in [0.15, 0.2) is 8.24 Å². The molecule has 1 aliphatic rings. The lowest BCUT2D eigenvalue weighted by Crippen LogP contribution is -2.54. The van der Waals surface area contributed by atoms with Crippen molar-refractivity contribution in [3.05, 3.63) is 0 Å². The molecule has 0 saturated carbocycles. The van der Waals surface area contributed by atoms with Crippen molar-refractivity contribution in [3.8, 4) is 0 Å². The second kappa shape index (κ2) is 4.01. The van der Waals surface area contributed by atoms with Crippen molar-refractivity contribution < 1.29 is 9.63 Å². The fraction of sp³-hybridized carbons (Fsp3) is 0.889. The van der Waals surface area contributed by atoms with Gasteiger partial charge in [-0.1, -0.05) is 19.6 Å². The molecule has 15 heavy (non-hydrogen) atoms. The lowest BCUT2D eigenvalue weighted by atomic mass is 10.3. The van der Waals surface area contributed by atoms with E-state index in [1.807, 2.05) is 0 Å². The Kier molecular flexibility index (Phi) is 3.44. The van der Waals surface area contributed by atoms with Crippen LogP contribution in [0.3, 0.4) is 0 Å². The van der Waals surface area contributed by atoms with Crippen molar-refractivity contribution in [1.82, 2.24) is 9.71 Å². The minimum absolute atomic E-state index is 0.122. The molecule has 0 aliphatic carbocycles. The highest BCUT2D eigenvalue weighted by atomic mass is 28.3. The average Bonchev–Trinajstić information content (AvgIpc) is 2.27. The molecule has 1 heterocycles. The number of rotatable bonds is 3. The third-order valence-electron chi connectivity index (χ3n) is 2.09. The molecule has 0 bridgehead atoms. The van der Waals surface area contributed by atoms with Gasteiger partial charge in [0.2, 0.25) is 0 Å². The van der Waals surface area contributed by atoms with Crippen molar-refractivity contribution >= 4 is 22.4 Å². The SMILES string of the molecule is C[Si](C)(C)N[C@@H]1CON([Si](C)(C)C)C1=O. The van der Waals surface area contributed by atoms with E-state index in [4.69, 9.17) is 4.84 Å². The highest BCUT2D eigenvalue weighted by Crippen LogP contribution is 2.18. The summed E-state index contributed by atoms with van der Waals surface area (Å²) in [5.41, 5.74) is 0. The monoisotopic (exact) mass is 246 g/mol. The second-order valence-corrected chi connectivity index (χ2v) is 15.6. The fourth-order valence-corrected chi connectivity index (χ4v) is 4.11. The van der Waals surface area contributed by atoms with Crippen molar-refractivity contribution in [1.29, 1.82) is 0 Å². The van der Waals surface area contributed by atoms with E-state index >= 15 is 0 Å². The van der Waals surface area contributed by atoms with E-state index in [9.17, 15) is 4.79 Å². The molecular formula is C9H22N2O2Si2. The normalized spacial score (nSPS) is 23.7. The molecule has 0 spiro atoms. The summed E-state index contributed by atoms with van der Waals surface area (Å²) in [7, 11) is -3.08. The van der Waals surface area contributed by atoms with Gasteiger partial charge < -0.3 is 4.98 Å². The van der Waals surface area contributed by atoms with Crippen LogP contribution in [0.25, 0.3) is 0 Å². The predicted molar refractivity (Wildman–Crippen MR) is 66.4 cm³/mol. The number of hydrogen-bond acceptors (Lipinski definition) is 3. The number of hydroxylamine groups is 1. The lowest BCUT2D eigenvalue weighted by molar-refractivity contribution is -0.143. The van der Waals surface area contributed by atoms with Crippen molar-refractivity contribution in [2.24, 2.45) is 0 Å². The Hall–Kier alpha value is -0.176. The first-order valence-corrected chi connectivity index (χ1v) is 12.3. The zero-order chi connectivity index (χ0) is 11.9. The summed E-state index contributed by atoms with van der Waals surface area (Å²) in [5, 5.41) is 0. The Balaban J connectivity index is 2.65. The third-order valence-corrected chi connectivity index (χ3v) is 4.87. The summed E-state index contributed by atoms with van der Waals surface area (Å²) in [6, 6.07) is -0.122. The van der Waals surface area contributed by atoms with Crippen molar-refractivity contribution in [2.75, 3.05) is 6.61 Å². The molecule has 1 amide bonds. The van der Waals surface area contributed by atoms with Crippen molar-refractivity contribution in [2.45, 2.75) is 45.3 Å². The Morgan fingerprint density at radius 2 is 1.80 bits per heavy atom. The number of nitrogens with zero attached hydrogens (tertiary/aromatic N) is 1. The molecule has 0 aromatic rings. The van der Waals surface area contributed by atoms with Gasteiger partial charge in [-0.2, -0.15) is 0 Å². The molecule has 88 valence electrons. The number of nitrogens with one attached hydrogen (secondary N) is 1.